The van der Waals surface area contributed by atoms with Crippen LogP contribution in [0.5, 0.6) is 0 Å². The first-order valence-corrected chi connectivity index (χ1v) is 9.06. The number of nitrogens with zero attached hydrogens (tertiary/aromatic N) is 3. The molecule has 0 saturated carbocycles. The summed E-state index contributed by atoms with van der Waals surface area (Å²) in [5.41, 5.74) is -0.167. The molecule has 148 valence electrons. The average molecular weight is 382 g/mol. The van der Waals surface area contributed by atoms with Gasteiger partial charge < -0.3 is 15.0 Å². The van der Waals surface area contributed by atoms with Crippen LogP contribution in [0.2, 0.25) is 0 Å². The summed E-state index contributed by atoms with van der Waals surface area (Å²) in [5, 5.41) is 2.39. The summed E-state index contributed by atoms with van der Waals surface area (Å²) in [4.78, 5) is 30.2. The van der Waals surface area contributed by atoms with Crippen LogP contribution in [-0.4, -0.2) is 92.1 Å². The number of rotatable bonds is 5. The second-order valence-electron chi connectivity index (χ2n) is 6.72. The summed E-state index contributed by atoms with van der Waals surface area (Å²) in [6, 6.07) is 2.93. The van der Waals surface area contributed by atoms with E-state index in [0.717, 1.165) is 31.3 Å². The van der Waals surface area contributed by atoms with Crippen molar-refractivity contribution in [2.75, 3.05) is 70.9 Å². The minimum Gasteiger partial charge on any atom is -0.379 e. The Bertz CT molecular complexity index is 675. The number of carbonyl (C=O) groups excluding carboxylic acids is 2. The third-order valence-corrected chi connectivity index (χ3v) is 4.76. The van der Waals surface area contributed by atoms with Crippen LogP contribution in [0.1, 0.15) is 0 Å². The molecule has 0 radical (unpaired) electrons. The Labute approximate surface area is 156 Å². The second kappa shape index (κ2) is 9.20. The first-order chi connectivity index (χ1) is 13.0. The van der Waals surface area contributed by atoms with E-state index in [4.69, 9.17) is 4.74 Å². The second-order valence-corrected chi connectivity index (χ2v) is 6.72. The quantitative estimate of drug-likeness (QED) is 0.798. The molecule has 0 aromatic heterocycles. The van der Waals surface area contributed by atoms with Crippen molar-refractivity contribution >= 4 is 17.5 Å². The first kappa shape index (κ1) is 19.7. The van der Waals surface area contributed by atoms with Gasteiger partial charge in [-0.05, 0) is 12.1 Å². The van der Waals surface area contributed by atoms with Gasteiger partial charge in [-0.25, -0.2) is 8.78 Å². The molecule has 2 fully saturated rings. The topological polar surface area (TPSA) is 65.1 Å². The van der Waals surface area contributed by atoms with Gasteiger partial charge in [-0.15, -0.1) is 0 Å². The zero-order chi connectivity index (χ0) is 19.2. The lowest BCUT2D eigenvalue weighted by Crippen LogP contribution is -2.53. The lowest BCUT2D eigenvalue weighted by molar-refractivity contribution is -0.135. The number of amides is 2. The average Bonchev–Trinajstić information content (AvgIpc) is 2.66. The van der Waals surface area contributed by atoms with E-state index in [9.17, 15) is 18.4 Å². The SMILES string of the molecule is O=C(CN1CCN(C(=O)CN2CCOCC2)CC1)Nc1cc(F)ccc1F. The highest BCUT2D eigenvalue weighted by molar-refractivity contribution is 5.92. The number of piperazine rings is 1. The molecule has 2 aliphatic rings. The highest BCUT2D eigenvalue weighted by Crippen LogP contribution is 2.15. The Morgan fingerprint density at radius 2 is 1.63 bits per heavy atom. The maximum atomic E-state index is 13.6. The molecule has 7 nitrogen and oxygen atoms in total. The molecular formula is C18H24F2N4O3. The van der Waals surface area contributed by atoms with Crippen LogP contribution >= 0.6 is 0 Å². The highest BCUT2D eigenvalue weighted by Gasteiger charge is 2.24. The molecule has 0 bridgehead atoms. The van der Waals surface area contributed by atoms with E-state index in [0.29, 0.717) is 45.9 Å². The number of ether oxygens (including phenoxy) is 1. The van der Waals surface area contributed by atoms with Crippen molar-refractivity contribution < 1.29 is 23.1 Å². The maximum absolute atomic E-state index is 13.6. The van der Waals surface area contributed by atoms with Gasteiger partial charge in [0.05, 0.1) is 32.0 Å². The normalized spacial score (nSPS) is 19.1. The number of benzene rings is 1. The van der Waals surface area contributed by atoms with E-state index in [1.54, 1.807) is 4.90 Å². The van der Waals surface area contributed by atoms with E-state index >= 15 is 0 Å². The van der Waals surface area contributed by atoms with Crippen molar-refractivity contribution in [2.24, 2.45) is 0 Å². The number of anilines is 1. The van der Waals surface area contributed by atoms with Crippen LogP contribution in [-0.2, 0) is 14.3 Å². The Morgan fingerprint density at radius 1 is 0.963 bits per heavy atom. The number of hydrogen-bond acceptors (Lipinski definition) is 5. The van der Waals surface area contributed by atoms with Crippen molar-refractivity contribution in [2.45, 2.75) is 0 Å². The minimum absolute atomic E-state index is 0.0709. The summed E-state index contributed by atoms with van der Waals surface area (Å²) in [7, 11) is 0. The third kappa shape index (κ3) is 5.69. The fraction of sp³-hybridized carbons (Fsp3) is 0.556. The van der Waals surface area contributed by atoms with Gasteiger partial charge in [0.25, 0.3) is 0 Å². The van der Waals surface area contributed by atoms with Gasteiger partial charge in [0.1, 0.15) is 11.6 Å². The zero-order valence-corrected chi connectivity index (χ0v) is 15.1. The molecule has 0 unspecified atom stereocenters. The van der Waals surface area contributed by atoms with E-state index in [-0.39, 0.29) is 18.1 Å². The molecule has 0 aliphatic carbocycles. The Hall–Kier alpha value is -2.10. The molecule has 1 aromatic carbocycles. The molecule has 2 aliphatic heterocycles. The van der Waals surface area contributed by atoms with Gasteiger partial charge in [0.15, 0.2) is 0 Å². The van der Waals surface area contributed by atoms with Gasteiger partial charge in [-0.2, -0.15) is 0 Å². The monoisotopic (exact) mass is 382 g/mol. The van der Waals surface area contributed by atoms with Crippen molar-refractivity contribution in [3.8, 4) is 0 Å². The van der Waals surface area contributed by atoms with Crippen LogP contribution < -0.4 is 5.32 Å². The largest absolute Gasteiger partial charge is 0.379 e. The van der Waals surface area contributed by atoms with Crippen molar-refractivity contribution in [3.05, 3.63) is 29.8 Å². The molecule has 27 heavy (non-hydrogen) atoms. The summed E-state index contributed by atoms with van der Waals surface area (Å²) < 4.78 is 32.0. The van der Waals surface area contributed by atoms with E-state index < -0.39 is 17.5 Å². The zero-order valence-electron chi connectivity index (χ0n) is 15.1. The van der Waals surface area contributed by atoms with E-state index in [1.165, 1.54) is 0 Å². The molecular weight excluding hydrogens is 358 g/mol. The van der Waals surface area contributed by atoms with Gasteiger partial charge in [0.2, 0.25) is 11.8 Å². The Morgan fingerprint density at radius 3 is 2.33 bits per heavy atom. The standard InChI is InChI=1S/C18H24F2N4O3/c19-14-1-2-15(20)16(11-14)21-17(25)12-22-3-5-24(6-4-22)18(26)13-23-7-9-27-10-8-23/h1-2,11H,3-10,12-13H2,(H,21,25). The van der Waals surface area contributed by atoms with Crippen LogP contribution in [0, 0.1) is 11.6 Å². The smallest absolute Gasteiger partial charge is 0.238 e. The Kier molecular flexibility index (Phi) is 6.70. The fourth-order valence-electron chi connectivity index (χ4n) is 3.19. The van der Waals surface area contributed by atoms with Crippen LogP contribution in [0.15, 0.2) is 18.2 Å². The fourth-order valence-corrected chi connectivity index (χ4v) is 3.19. The van der Waals surface area contributed by atoms with Gasteiger partial charge in [-0.1, -0.05) is 0 Å². The number of halogens is 2. The molecule has 2 saturated heterocycles. The van der Waals surface area contributed by atoms with Crippen LogP contribution in [0.25, 0.3) is 0 Å². The summed E-state index contributed by atoms with van der Waals surface area (Å²) in [6.45, 7) is 5.52. The van der Waals surface area contributed by atoms with Crippen LogP contribution in [0.3, 0.4) is 0 Å². The molecule has 3 rings (SSSR count). The molecule has 0 spiro atoms. The summed E-state index contributed by atoms with van der Waals surface area (Å²) in [6.07, 6.45) is 0. The van der Waals surface area contributed by atoms with Crippen molar-refractivity contribution in [3.63, 3.8) is 0 Å². The lowest BCUT2D eigenvalue weighted by atomic mass is 10.2. The molecule has 2 heterocycles. The minimum atomic E-state index is -0.678. The lowest BCUT2D eigenvalue weighted by Gasteiger charge is -2.36. The molecule has 9 heteroatoms. The maximum Gasteiger partial charge on any atom is 0.238 e. The summed E-state index contributed by atoms with van der Waals surface area (Å²) in [5.74, 6) is -1.61. The number of hydrogen-bond donors (Lipinski definition) is 1. The highest BCUT2D eigenvalue weighted by atomic mass is 19.1. The molecule has 2 amide bonds. The van der Waals surface area contributed by atoms with E-state index in [1.807, 2.05) is 4.90 Å². The van der Waals surface area contributed by atoms with Gasteiger partial charge >= 0.3 is 0 Å². The number of nitrogens with one attached hydrogen (secondary N) is 1. The number of carbonyl (C=O) groups is 2. The van der Waals surface area contributed by atoms with Crippen molar-refractivity contribution in [1.29, 1.82) is 0 Å². The number of morpholine rings is 1. The predicted molar refractivity (Wildman–Crippen MR) is 95.3 cm³/mol. The third-order valence-electron chi connectivity index (χ3n) is 4.76. The van der Waals surface area contributed by atoms with Crippen LogP contribution in [0.4, 0.5) is 14.5 Å². The molecule has 1 aromatic rings. The predicted octanol–water partition coefficient (Wildman–Crippen LogP) is 0.380. The van der Waals surface area contributed by atoms with Crippen molar-refractivity contribution in [1.82, 2.24) is 14.7 Å². The Balaban J connectivity index is 1.41. The summed E-state index contributed by atoms with van der Waals surface area (Å²) >= 11 is 0. The first-order valence-electron chi connectivity index (χ1n) is 9.06. The van der Waals surface area contributed by atoms with Gasteiger partial charge in [-0.3, -0.25) is 19.4 Å². The van der Waals surface area contributed by atoms with E-state index in [2.05, 4.69) is 10.2 Å². The van der Waals surface area contributed by atoms with Gasteiger partial charge in [0, 0.05) is 45.3 Å². The molecule has 1 N–H and O–H groups in total. The molecule has 0 atom stereocenters.